The topological polar surface area (TPSA) is 170 Å². The minimum absolute atomic E-state index is 0.0751. The fourth-order valence-electron chi connectivity index (χ4n) is 3.80. The van der Waals surface area contributed by atoms with Gasteiger partial charge in [-0.25, -0.2) is 18.9 Å². The van der Waals surface area contributed by atoms with E-state index in [4.69, 9.17) is 19.1 Å². The van der Waals surface area contributed by atoms with E-state index in [0.717, 1.165) is 5.56 Å². The number of carbonyl (C=O) groups is 2. The van der Waals surface area contributed by atoms with E-state index < -0.39 is 26.4 Å². The van der Waals surface area contributed by atoms with E-state index in [-0.39, 0.29) is 50.0 Å². The molecular formula is C23H24N4O8S. The molecule has 0 bridgehead atoms. The summed E-state index contributed by atoms with van der Waals surface area (Å²) < 4.78 is 40.7. The number of hydrogen-bond acceptors (Lipinski definition) is 10. The number of benzene rings is 1. The van der Waals surface area contributed by atoms with Crippen molar-refractivity contribution in [2.24, 2.45) is 0 Å². The van der Waals surface area contributed by atoms with E-state index in [2.05, 4.69) is 15.3 Å². The highest BCUT2D eigenvalue weighted by Crippen LogP contribution is 2.35. The van der Waals surface area contributed by atoms with Gasteiger partial charge in [0, 0.05) is 31.2 Å². The van der Waals surface area contributed by atoms with Crippen LogP contribution in [0.1, 0.15) is 23.5 Å². The van der Waals surface area contributed by atoms with Crippen molar-refractivity contribution in [1.82, 2.24) is 20.8 Å². The number of rotatable bonds is 9. The lowest BCUT2D eigenvalue weighted by Gasteiger charge is -2.34. The summed E-state index contributed by atoms with van der Waals surface area (Å²) in [7, 11) is -4.12. The number of sulfone groups is 1. The second-order valence-electron chi connectivity index (χ2n) is 7.90. The lowest BCUT2D eigenvalue weighted by Crippen LogP contribution is -2.54. The van der Waals surface area contributed by atoms with Crippen molar-refractivity contribution in [3.05, 3.63) is 60.9 Å². The Kier molecular flexibility index (Phi) is 7.62. The molecule has 2 amide bonds. The van der Waals surface area contributed by atoms with Crippen LogP contribution in [0, 0.1) is 0 Å². The van der Waals surface area contributed by atoms with E-state index in [9.17, 15) is 18.0 Å². The molecule has 0 spiro atoms. The maximum atomic E-state index is 13.2. The Balaban J connectivity index is 1.32. The second-order valence-corrected chi connectivity index (χ2v) is 10.2. The van der Waals surface area contributed by atoms with E-state index in [1.807, 2.05) is 0 Å². The fourth-order valence-corrected chi connectivity index (χ4v) is 5.74. The molecule has 3 aromatic rings. The third-order valence-corrected chi connectivity index (χ3v) is 8.31. The Morgan fingerprint density at radius 3 is 2.44 bits per heavy atom. The quantitative estimate of drug-likeness (QED) is 0.214. The van der Waals surface area contributed by atoms with Crippen molar-refractivity contribution in [3.8, 4) is 17.0 Å². The van der Waals surface area contributed by atoms with Crippen LogP contribution in [0.25, 0.3) is 11.3 Å². The zero-order chi connectivity index (χ0) is 25.6. The molecule has 2 aromatic heterocycles. The summed E-state index contributed by atoms with van der Waals surface area (Å²) in [6, 6.07) is 9.06. The van der Waals surface area contributed by atoms with Gasteiger partial charge in [-0.3, -0.25) is 19.8 Å². The van der Waals surface area contributed by atoms with Crippen LogP contribution in [-0.2, 0) is 19.4 Å². The fraction of sp³-hybridized carbons (Fsp3) is 0.304. The van der Waals surface area contributed by atoms with Gasteiger partial charge in [-0.1, -0.05) is 0 Å². The Bertz CT molecular complexity index is 1300. The van der Waals surface area contributed by atoms with Crippen LogP contribution in [0.15, 0.2) is 64.4 Å². The van der Waals surface area contributed by atoms with Gasteiger partial charge in [-0.2, -0.15) is 0 Å². The summed E-state index contributed by atoms with van der Waals surface area (Å²) in [5.74, 6) is -1.22. The molecule has 0 unspecified atom stereocenters. The van der Waals surface area contributed by atoms with Gasteiger partial charge >= 0.3 is 5.91 Å². The Morgan fingerprint density at radius 1 is 1.08 bits per heavy atom. The summed E-state index contributed by atoms with van der Waals surface area (Å²) in [5.41, 5.74) is 2.75. The maximum Gasteiger partial charge on any atom is 0.307 e. The van der Waals surface area contributed by atoms with E-state index >= 15 is 0 Å². The van der Waals surface area contributed by atoms with Gasteiger partial charge in [0.25, 0.3) is 11.8 Å². The molecule has 3 heterocycles. The van der Waals surface area contributed by atoms with Gasteiger partial charge in [0.05, 0.1) is 11.4 Å². The predicted molar refractivity (Wildman–Crippen MR) is 124 cm³/mol. The second kappa shape index (κ2) is 10.8. The molecule has 0 aliphatic carbocycles. The Labute approximate surface area is 206 Å². The monoisotopic (exact) mass is 516 g/mol. The first-order chi connectivity index (χ1) is 17.4. The molecular weight excluding hydrogens is 492 g/mol. The predicted octanol–water partition coefficient (Wildman–Crippen LogP) is 1.37. The third-order valence-electron chi connectivity index (χ3n) is 5.80. The normalized spacial score (nSPS) is 15.1. The summed E-state index contributed by atoms with van der Waals surface area (Å²) in [5, 5.41) is 11.8. The first kappa shape index (κ1) is 25.3. The molecule has 36 heavy (non-hydrogen) atoms. The number of nitrogens with one attached hydrogen (secondary N) is 2. The summed E-state index contributed by atoms with van der Waals surface area (Å²) in [6.45, 7) is 0.409. The van der Waals surface area contributed by atoms with Crippen molar-refractivity contribution >= 4 is 21.7 Å². The lowest BCUT2D eigenvalue weighted by molar-refractivity contribution is -0.134. The van der Waals surface area contributed by atoms with Gasteiger partial charge in [-0.15, -0.1) is 0 Å². The molecule has 0 saturated carbocycles. The van der Waals surface area contributed by atoms with Gasteiger partial charge in [0.15, 0.2) is 14.6 Å². The number of pyridine rings is 1. The number of nitrogens with zero attached hydrogens (tertiary/aromatic N) is 2. The molecule has 1 fully saturated rings. The van der Waals surface area contributed by atoms with Crippen molar-refractivity contribution in [2.75, 3.05) is 26.4 Å². The molecule has 3 N–H and O–H groups in total. The van der Waals surface area contributed by atoms with Crippen LogP contribution in [0.5, 0.6) is 5.75 Å². The van der Waals surface area contributed by atoms with Gasteiger partial charge in [0.1, 0.15) is 24.3 Å². The largest absolute Gasteiger partial charge is 0.492 e. The molecule has 0 radical (unpaired) electrons. The van der Waals surface area contributed by atoms with Gasteiger partial charge in [-0.05, 0) is 49.2 Å². The van der Waals surface area contributed by atoms with Crippen molar-refractivity contribution in [3.63, 3.8) is 0 Å². The highest BCUT2D eigenvalue weighted by Gasteiger charge is 2.52. The SMILES string of the molecule is O=C(NCCOc1ccc(S(=O)(=O)C2(C(=O)NO)CCOCC2)cc1)c1nc(-c2ccncc2)co1. The standard InChI is InChI=1S/C23H24N4O8S/c28-20(21-26-19(15-35-21)16-5-9-24-10-6-16)25-11-14-34-17-1-3-18(4-2-17)36(31,32)23(22(29)27-30)7-12-33-13-8-23/h1-6,9-10,15,30H,7-8,11-14H2,(H,25,28)(H,27,29). The summed E-state index contributed by atoms with van der Waals surface area (Å²) in [6.07, 6.45) is 4.45. The van der Waals surface area contributed by atoms with Crippen LogP contribution < -0.4 is 15.5 Å². The van der Waals surface area contributed by atoms with E-state index in [1.54, 1.807) is 24.5 Å². The average molecular weight is 517 g/mol. The first-order valence-electron chi connectivity index (χ1n) is 11.0. The molecule has 1 saturated heterocycles. The number of ether oxygens (including phenoxy) is 2. The van der Waals surface area contributed by atoms with Crippen LogP contribution in [-0.4, -0.2) is 66.5 Å². The van der Waals surface area contributed by atoms with Crippen molar-refractivity contribution in [2.45, 2.75) is 22.5 Å². The highest BCUT2D eigenvalue weighted by molar-refractivity contribution is 7.93. The number of oxazole rings is 1. The minimum Gasteiger partial charge on any atom is -0.492 e. The number of hydrogen-bond donors (Lipinski definition) is 3. The lowest BCUT2D eigenvalue weighted by atomic mass is 9.98. The van der Waals surface area contributed by atoms with Crippen molar-refractivity contribution < 1.29 is 37.1 Å². The molecule has 1 aliphatic heterocycles. The zero-order valence-electron chi connectivity index (χ0n) is 19.0. The van der Waals surface area contributed by atoms with E-state index in [1.165, 1.54) is 36.0 Å². The van der Waals surface area contributed by atoms with Crippen LogP contribution in [0.2, 0.25) is 0 Å². The number of aromatic nitrogens is 2. The molecule has 0 atom stereocenters. The number of carbonyl (C=O) groups excluding carboxylic acids is 2. The summed E-state index contributed by atoms with van der Waals surface area (Å²) in [4.78, 5) is 32.6. The van der Waals surface area contributed by atoms with Crippen molar-refractivity contribution in [1.29, 1.82) is 0 Å². The maximum absolute atomic E-state index is 13.2. The van der Waals surface area contributed by atoms with Gasteiger partial charge in [0.2, 0.25) is 0 Å². The number of hydroxylamine groups is 1. The third kappa shape index (κ3) is 5.08. The minimum atomic E-state index is -4.12. The smallest absolute Gasteiger partial charge is 0.307 e. The molecule has 13 heteroatoms. The Morgan fingerprint density at radius 2 is 1.78 bits per heavy atom. The number of amides is 2. The zero-order valence-corrected chi connectivity index (χ0v) is 19.9. The van der Waals surface area contributed by atoms with Crippen LogP contribution >= 0.6 is 0 Å². The van der Waals surface area contributed by atoms with E-state index in [0.29, 0.717) is 11.4 Å². The average Bonchev–Trinajstić information content (AvgIpc) is 3.42. The molecule has 4 rings (SSSR count). The highest BCUT2D eigenvalue weighted by atomic mass is 32.2. The molecule has 12 nitrogen and oxygen atoms in total. The first-order valence-corrected chi connectivity index (χ1v) is 12.5. The Hall–Kier alpha value is -3.81. The molecule has 1 aromatic carbocycles. The molecule has 1 aliphatic rings. The van der Waals surface area contributed by atoms with Gasteiger partial charge < -0.3 is 19.2 Å². The summed E-state index contributed by atoms with van der Waals surface area (Å²) >= 11 is 0. The van der Waals surface area contributed by atoms with Crippen LogP contribution in [0.3, 0.4) is 0 Å². The molecule has 190 valence electrons. The van der Waals surface area contributed by atoms with Crippen LogP contribution in [0.4, 0.5) is 0 Å².